The first-order valence-electron chi connectivity index (χ1n) is 12.3. The lowest BCUT2D eigenvalue weighted by Crippen LogP contribution is -2.57. The van der Waals surface area contributed by atoms with Crippen LogP contribution < -0.4 is 0 Å². The van der Waals surface area contributed by atoms with Crippen LogP contribution in [-0.2, 0) is 20.6 Å². The molecule has 1 aromatic carbocycles. The van der Waals surface area contributed by atoms with Crippen molar-refractivity contribution in [1.29, 1.82) is 5.26 Å². The van der Waals surface area contributed by atoms with E-state index in [1.54, 1.807) is 12.3 Å². The second-order valence-corrected chi connectivity index (χ2v) is 9.40. The minimum atomic E-state index is -1.31. The number of hydrogen-bond donors (Lipinski definition) is 2. The fourth-order valence-electron chi connectivity index (χ4n) is 5.07. The fourth-order valence-corrected chi connectivity index (χ4v) is 5.07. The van der Waals surface area contributed by atoms with E-state index in [0.29, 0.717) is 18.7 Å². The predicted molar refractivity (Wildman–Crippen MR) is 125 cm³/mol. The zero-order valence-electron chi connectivity index (χ0n) is 20.8. The Hall–Kier alpha value is -3.42. The maximum absolute atomic E-state index is 14.6. The van der Waals surface area contributed by atoms with Gasteiger partial charge < -0.3 is 24.4 Å². The summed E-state index contributed by atoms with van der Waals surface area (Å²) in [5.41, 5.74) is -0.240. The van der Waals surface area contributed by atoms with Crippen LogP contribution in [-0.4, -0.2) is 97.7 Å². The van der Waals surface area contributed by atoms with Crippen molar-refractivity contribution in [2.75, 3.05) is 26.9 Å². The lowest BCUT2D eigenvalue weighted by molar-refractivity contribution is -0.212. The molecule has 2 aliphatic rings. The van der Waals surface area contributed by atoms with Gasteiger partial charge in [0.25, 0.3) is 0 Å². The Morgan fingerprint density at radius 2 is 1.95 bits per heavy atom. The summed E-state index contributed by atoms with van der Waals surface area (Å²) in [5.74, 6) is -2.56. The van der Waals surface area contributed by atoms with Crippen molar-refractivity contribution in [3.05, 3.63) is 47.4 Å². The molecular formula is C24H26F3N7O5. The minimum Gasteiger partial charge on any atom is -0.394 e. The Balaban J connectivity index is 1.41. The van der Waals surface area contributed by atoms with Gasteiger partial charge in [-0.05, 0) is 18.6 Å². The van der Waals surface area contributed by atoms with E-state index < -0.39 is 66.5 Å². The molecule has 0 saturated carbocycles. The topological polar surface area (TPSA) is 153 Å². The lowest BCUT2D eigenvalue weighted by Gasteiger charge is -2.43. The van der Waals surface area contributed by atoms with Crippen molar-refractivity contribution in [2.24, 2.45) is 0 Å². The molecule has 0 radical (unpaired) electrons. The molecule has 0 bridgehead atoms. The summed E-state index contributed by atoms with van der Waals surface area (Å²) in [6.45, 7) is -0.137. The highest BCUT2D eigenvalue weighted by Crippen LogP contribution is 2.34. The maximum atomic E-state index is 14.6. The fraction of sp³-hybridized carbons (Fsp3) is 0.542. The molecule has 0 spiro atoms. The van der Waals surface area contributed by atoms with E-state index in [2.05, 4.69) is 20.6 Å². The van der Waals surface area contributed by atoms with Crippen molar-refractivity contribution in [1.82, 2.24) is 30.0 Å². The first kappa shape index (κ1) is 27.2. The Kier molecular flexibility index (Phi) is 7.91. The first-order chi connectivity index (χ1) is 18.9. The molecule has 2 aromatic heterocycles. The number of benzene rings is 1. The Morgan fingerprint density at radius 3 is 2.67 bits per heavy atom. The summed E-state index contributed by atoms with van der Waals surface area (Å²) in [6.07, 6.45) is -1.64. The zero-order valence-corrected chi connectivity index (χ0v) is 20.8. The van der Waals surface area contributed by atoms with Gasteiger partial charge in [-0.2, -0.15) is 5.26 Å². The van der Waals surface area contributed by atoms with Crippen LogP contribution in [0.25, 0.3) is 11.3 Å². The van der Waals surface area contributed by atoms with Gasteiger partial charge in [-0.3, -0.25) is 0 Å². The molecule has 7 atom stereocenters. The van der Waals surface area contributed by atoms with E-state index in [-0.39, 0.29) is 24.3 Å². The average Bonchev–Trinajstić information content (AvgIpc) is 3.61. The van der Waals surface area contributed by atoms with Gasteiger partial charge in [0.1, 0.15) is 42.3 Å². The van der Waals surface area contributed by atoms with Crippen LogP contribution in [0.2, 0.25) is 0 Å². The Bertz CT molecular complexity index is 1350. The second-order valence-electron chi connectivity index (χ2n) is 9.40. The molecule has 0 amide bonds. The van der Waals surface area contributed by atoms with Gasteiger partial charge >= 0.3 is 0 Å². The van der Waals surface area contributed by atoms with E-state index in [1.165, 1.54) is 28.7 Å². The molecule has 2 fully saturated rings. The van der Waals surface area contributed by atoms with Crippen molar-refractivity contribution in [3.8, 4) is 17.3 Å². The van der Waals surface area contributed by atoms with Gasteiger partial charge in [0, 0.05) is 31.9 Å². The third-order valence-electron chi connectivity index (χ3n) is 7.09. The monoisotopic (exact) mass is 549 g/mol. The number of aliphatic hydroxyl groups is 2. The predicted octanol–water partition coefficient (Wildman–Crippen LogP) is 0.905. The molecule has 4 heterocycles. The molecular weight excluding hydrogens is 523 g/mol. The highest BCUT2D eigenvalue weighted by atomic mass is 19.2. The molecule has 3 aromatic rings. The lowest BCUT2D eigenvalue weighted by atomic mass is 9.90. The van der Waals surface area contributed by atoms with Crippen LogP contribution in [0.3, 0.4) is 0 Å². The van der Waals surface area contributed by atoms with Gasteiger partial charge in [-0.15, -0.1) is 10.2 Å². The Labute approximate surface area is 220 Å². The molecule has 0 unspecified atom stereocenters. The molecule has 2 N–H and O–H groups in total. The number of aromatic nitrogens is 6. The Morgan fingerprint density at radius 1 is 1.15 bits per heavy atom. The maximum Gasteiger partial charge on any atom is 0.177 e. The molecule has 208 valence electrons. The summed E-state index contributed by atoms with van der Waals surface area (Å²) < 4.78 is 62.6. The smallest absolute Gasteiger partial charge is 0.177 e. The van der Waals surface area contributed by atoms with Crippen molar-refractivity contribution >= 4 is 0 Å². The number of hydrogen-bond acceptors (Lipinski definition) is 10. The molecule has 5 rings (SSSR count). The van der Waals surface area contributed by atoms with Gasteiger partial charge in [0.15, 0.2) is 11.6 Å². The highest BCUT2D eigenvalue weighted by Gasteiger charge is 2.47. The summed E-state index contributed by atoms with van der Waals surface area (Å²) in [6, 6.07) is 2.46. The number of nitrogens with zero attached hydrogens (tertiary/aromatic N) is 7. The number of methoxy groups -OCH3 is 1. The minimum absolute atomic E-state index is 0.0198. The number of rotatable bonds is 7. The summed E-state index contributed by atoms with van der Waals surface area (Å²) in [4.78, 5) is 0. The highest BCUT2D eigenvalue weighted by molar-refractivity contribution is 5.60. The van der Waals surface area contributed by atoms with Crippen molar-refractivity contribution in [3.63, 3.8) is 0 Å². The van der Waals surface area contributed by atoms with Crippen LogP contribution in [0.1, 0.15) is 29.8 Å². The molecule has 2 aliphatic heterocycles. The van der Waals surface area contributed by atoms with Gasteiger partial charge in [-0.1, -0.05) is 10.4 Å². The second kappa shape index (κ2) is 11.4. The summed E-state index contributed by atoms with van der Waals surface area (Å²) in [5, 5.41) is 46.0. The van der Waals surface area contributed by atoms with Gasteiger partial charge in [-0.25, -0.2) is 22.5 Å². The normalized spacial score (nSPS) is 29.3. The van der Waals surface area contributed by atoms with Crippen LogP contribution in [0, 0.1) is 23.0 Å². The molecule has 15 heteroatoms. The average molecular weight is 550 g/mol. The standard InChI is InChI=1S/C24H26F3N7O5/c1-37-24-18(6-13-8-33(31-29-13)17-4-5-38-11-15(17)25)39-19(10-35)23(36)22(24)34-9-16(30-32-34)14-3-2-12(7-28)20(26)21(14)27/h2-3,8-9,15,17-19,22-24,35-36H,4-6,10-11H2,1H3/t15-,17-,18-,19-,22+,23+,24+/m1/s1. The number of ether oxygens (including phenoxy) is 3. The van der Waals surface area contributed by atoms with Crippen LogP contribution >= 0.6 is 0 Å². The van der Waals surface area contributed by atoms with E-state index >= 15 is 0 Å². The molecule has 12 nitrogen and oxygen atoms in total. The first-order valence-corrected chi connectivity index (χ1v) is 12.3. The number of nitriles is 1. The zero-order chi connectivity index (χ0) is 27.7. The van der Waals surface area contributed by atoms with E-state index in [1.807, 2.05) is 0 Å². The van der Waals surface area contributed by atoms with E-state index in [0.717, 1.165) is 6.07 Å². The molecule has 2 saturated heterocycles. The quantitative estimate of drug-likeness (QED) is 0.435. The number of halogens is 3. The van der Waals surface area contributed by atoms with Crippen LogP contribution in [0.4, 0.5) is 13.2 Å². The molecule has 39 heavy (non-hydrogen) atoms. The van der Waals surface area contributed by atoms with Crippen LogP contribution in [0.15, 0.2) is 24.5 Å². The number of alkyl halides is 1. The van der Waals surface area contributed by atoms with Crippen molar-refractivity contribution < 1.29 is 37.6 Å². The van der Waals surface area contributed by atoms with Gasteiger partial charge in [0.2, 0.25) is 0 Å². The van der Waals surface area contributed by atoms with E-state index in [9.17, 15) is 23.4 Å². The van der Waals surface area contributed by atoms with Crippen molar-refractivity contribution in [2.45, 2.75) is 55.5 Å². The molecule has 0 aliphatic carbocycles. The van der Waals surface area contributed by atoms with Crippen LogP contribution in [0.5, 0.6) is 0 Å². The van der Waals surface area contributed by atoms with E-state index in [4.69, 9.17) is 19.5 Å². The summed E-state index contributed by atoms with van der Waals surface area (Å²) >= 11 is 0. The SMILES string of the molecule is CO[C@@H]1[C@@H](n2cc(-c3ccc(C#N)c(F)c3F)nn2)[C@@H](O)[C@@H](CO)O[C@@H]1Cc1cn([C@@H]2CCOC[C@H]2F)nn1. The summed E-state index contributed by atoms with van der Waals surface area (Å²) in [7, 11) is 1.40. The van der Waals surface area contributed by atoms with Gasteiger partial charge in [0.05, 0.1) is 42.8 Å². The third kappa shape index (κ3) is 5.13. The largest absolute Gasteiger partial charge is 0.394 e. The third-order valence-corrected chi connectivity index (χ3v) is 7.09. The number of aliphatic hydroxyl groups excluding tert-OH is 2.